The van der Waals surface area contributed by atoms with Crippen LogP contribution in [0.15, 0.2) is 0 Å². The van der Waals surface area contributed by atoms with Gasteiger partial charge in [-0.1, -0.05) is 0 Å². The molecule has 9 heteroatoms. The summed E-state index contributed by atoms with van der Waals surface area (Å²) in [6.45, 7) is 0. The number of hydrogen-bond donors (Lipinski definition) is 4. The SMILES string of the molecule is O=C1CCC(C(=O)O)N1.O=C1CCC(C(=O)O)N1.[Cu]. The van der Waals surface area contributed by atoms with E-state index in [1.165, 1.54) is 0 Å². The standard InChI is InChI=1S/2C5H7NO3.Cu/c2*7-4-2-1-3(6-4)5(8)9;/h2*3H,1-2H2,(H,6,7)(H,8,9);. The van der Waals surface area contributed by atoms with Gasteiger partial charge in [-0.25, -0.2) is 9.59 Å². The van der Waals surface area contributed by atoms with Crippen molar-refractivity contribution in [1.29, 1.82) is 0 Å². The van der Waals surface area contributed by atoms with Crippen LogP contribution in [0.3, 0.4) is 0 Å². The summed E-state index contributed by atoms with van der Waals surface area (Å²) in [5, 5.41) is 21.3. The molecule has 0 aromatic heterocycles. The molecule has 19 heavy (non-hydrogen) atoms. The fourth-order valence-corrected chi connectivity index (χ4v) is 1.60. The molecular formula is C10H14CuN2O6. The quantitative estimate of drug-likeness (QED) is 0.467. The number of carboxylic acids is 2. The first kappa shape index (κ1) is 17.4. The van der Waals surface area contributed by atoms with Gasteiger partial charge in [-0.05, 0) is 12.8 Å². The third-order valence-corrected chi connectivity index (χ3v) is 2.59. The van der Waals surface area contributed by atoms with Crippen molar-refractivity contribution in [3.63, 3.8) is 0 Å². The minimum Gasteiger partial charge on any atom is -0.480 e. The van der Waals surface area contributed by atoms with Gasteiger partial charge in [-0.2, -0.15) is 0 Å². The van der Waals surface area contributed by atoms with Gasteiger partial charge >= 0.3 is 11.9 Å². The van der Waals surface area contributed by atoms with Gasteiger partial charge in [-0.15, -0.1) is 0 Å². The van der Waals surface area contributed by atoms with Crippen molar-refractivity contribution in [2.75, 3.05) is 0 Å². The van der Waals surface area contributed by atoms with E-state index in [1.807, 2.05) is 0 Å². The van der Waals surface area contributed by atoms with Gasteiger partial charge in [0.25, 0.3) is 0 Å². The number of hydrogen-bond acceptors (Lipinski definition) is 4. The predicted molar refractivity (Wildman–Crippen MR) is 57.6 cm³/mol. The average molecular weight is 322 g/mol. The Bertz CT molecular complexity index is 350. The summed E-state index contributed by atoms with van der Waals surface area (Å²) >= 11 is 0. The van der Waals surface area contributed by atoms with Crippen molar-refractivity contribution < 1.29 is 46.5 Å². The normalized spacial score (nSPS) is 24.4. The Morgan fingerprint density at radius 2 is 1.21 bits per heavy atom. The Morgan fingerprint density at radius 3 is 1.32 bits per heavy atom. The third-order valence-electron chi connectivity index (χ3n) is 2.59. The molecule has 4 N–H and O–H groups in total. The molecule has 2 heterocycles. The van der Waals surface area contributed by atoms with Crippen molar-refractivity contribution in [2.24, 2.45) is 0 Å². The summed E-state index contributed by atoms with van der Waals surface area (Å²) < 4.78 is 0. The van der Waals surface area contributed by atoms with Crippen molar-refractivity contribution in [2.45, 2.75) is 37.8 Å². The summed E-state index contributed by atoms with van der Waals surface area (Å²) in [6, 6.07) is -1.28. The minimum atomic E-state index is -0.944. The number of carboxylic acid groups (broad SMARTS) is 2. The summed E-state index contributed by atoms with van der Waals surface area (Å²) in [4.78, 5) is 41.0. The zero-order valence-electron chi connectivity index (χ0n) is 9.81. The number of carbonyl (C=O) groups excluding carboxylic acids is 2. The van der Waals surface area contributed by atoms with E-state index in [0.29, 0.717) is 25.7 Å². The Kier molecular flexibility index (Phi) is 7.10. The third kappa shape index (κ3) is 5.71. The number of nitrogens with one attached hydrogen (secondary N) is 2. The Balaban J connectivity index is 0.000000324. The van der Waals surface area contributed by atoms with Crippen LogP contribution in [0.1, 0.15) is 25.7 Å². The molecule has 2 amide bonds. The van der Waals surface area contributed by atoms with Crippen LogP contribution in [0, 0.1) is 0 Å². The van der Waals surface area contributed by atoms with E-state index >= 15 is 0 Å². The van der Waals surface area contributed by atoms with E-state index in [0.717, 1.165) is 0 Å². The van der Waals surface area contributed by atoms with Crippen LogP contribution in [0.5, 0.6) is 0 Å². The molecule has 2 saturated heterocycles. The smallest absolute Gasteiger partial charge is 0.326 e. The summed E-state index contributed by atoms with van der Waals surface area (Å²) in [7, 11) is 0. The van der Waals surface area contributed by atoms with Crippen molar-refractivity contribution >= 4 is 23.8 Å². The van der Waals surface area contributed by atoms with Crippen LogP contribution in [-0.4, -0.2) is 46.0 Å². The van der Waals surface area contributed by atoms with Crippen LogP contribution >= 0.6 is 0 Å². The van der Waals surface area contributed by atoms with Gasteiger partial charge in [0.1, 0.15) is 12.1 Å². The molecule has 0 saturated carbocycles. The number of aliphatic carboxylic acids is 2. The topological polar surface area (TPSA) is 133 Å². The zero-order chi connectivity index (χ0) is 13.7. The Hall–Kier alpha value is -1.60. The molecule has 0 bridgehead atoms. The molecule has 2 unspecified atom stereocenters. The summed E-state index contributed by atoms with van der Waals surface area (Å²) in [6.07, 6.45) is 1.54. The Morgan fingerprint density at radius 1 is 0.895 bits per heavy atom. The molecule has 2 rings (SSSR count). The first-order valence-electron chi connectivity index (χ1n) is 5.44. The number of rotatable bonds is 2. The summed E-state index contributed by atoms with van der Waals surface area (Å²) in [5.41, 5.74) is 0. The zero-order valence-corrected chi connectivity index (χ0v) is 10.8. The van der Waals surface area contributed by atoms with Gasteiger partial charge in [0, 0.05) is 29.9 Å². The van der Waals surface area contributed by atoms with E-state index in [9.17, 15) is 19.2 Å². The fourth-order valence-electron chi connectivity index (χ4n) is 1.60. The van der Waals surface area contributed by atoms with Crippen molar-refractivity contribution in [1.82, 2.24) is 10.6 Å². The van der Waals surface area contributed by atoms with Crippen LogP contribution < -0.4 is 10.6 Å². The van der Waals surface area contributed by atoms with Crippen molar-refractivity contribution in [3.8, 4) is 0 Å². The first-order valence-corrected chi connectivity index (χ1v) is 5.44. The molecule has 2 atom stereocenters. The van der Waals surface area contributed by atoms with Crippen LogP contribution in [0.2, 0.25) is 0 Å². The van der Waals surface area contributed by atoms with E-state index in [1.54, 1.807) is 0 Å². The number of amides is 2. The van der Waals surface area contributed by atoms with Gasteiger partial charge < -0.3 is 20.8 Å². The second kappa shape index (κ2) is 7.75. The maximum atomic E-state index is 10.4. The van der Waals surface area contributed by atoms with E-state index < -0.39 is 24.0 Å². The van der Waals surface area contributed by atoms with Crippen LogP contribution in [-0.2, 0) is 36.2 Å². The monoisotopic (exact) mass is 321 g/mol. The first-order chi connectivity index (χ1) is 8.40. The largest absolute Gasteiger partial charge is 0.480 e. The molecule has 0 aromatic rings. The maximum absolute atomic E-state index is 10.4. The van der Waals surface area contributed by atoms with Crippen molar-refractivity contribution in [3.05, 3.63) is 0 Å². The van der Waals surface area contributed by atoms with Gasteiger partial charge in [0.15, 0.2) is 0 Å². The molecule has 0 aromatic carbocycles. The molecule has 111 valence electrons. The maximum Gasteiger partial charge on any atom is 0.326 e. The molecule has 0 spiro atoms. The molecule has 2 aliphatic heterocycles. The van der Waals surface area contributed by atoms with E-state index in [2.05, 4.69) is 10.6 Å². The van der Waals surface area contributed by atoms with E-state index in [-0.39, 0.29) is 28.9 Å². The van der Waals surface area contributed by atoms with E-state index in [4.69, 9.17) is 10.2 Å². The second-order valence-corrected chi connectivity index (χ2v) is 3.99. The van der Waals surface area contributed by atoms with Crippen LogP contribution in [0.4, 0.5) is 0 Å². The average Bonchev–Trinajstić information content (AvgIpc) is 2.88. The number of carbonyl (C=O) groups is 4. The molecule has 2 aliphatic rings. The minimum absolute atomic E-state index is 0. The molecule has 1 radical (unpaired) electrons. The predicted octanol–water partition coefficient (Wildman–Crippen LogP) is -1.30. The Labute approximate surface area is 119 Å². The second-order valence-electron chi connectivity index (χ2n) is 3.99. The van der Waals surface area contributed by atoms with Gasteiger partial charge in [0.2, 0.25) is 11.8 Å². The fraction of sp³-hybridized carbons (Fsp3) is 0.600. The molecule has 8 nitrogen and oxygen atoms in total. The molecular weight excluding hydrogens is 308 g/mol. The molecule has 2 fully saturated rings. The van der Waals surface area contributed by atoms with Crippen LogP contribution in [0.25, 0.3) is 0 Å². The summed E-state index contributed by atoms with van der Waals surface area (Å²) in [5.74, 6) is -2.22. The van der Waals surface area contributed by atoms with Gasteiger partial charge in [0.05, 0.1) is 0 Å². The molecule has 0 aliphatic carbocycles. The van der Waals surface area contributed by atoms with Gasteiger partial charge in [-0.3, -0.25) is 9.59 Å².